The molecule has 37 heavy (non-hydrogen) atoms. The Morgan fingerprint density at radius 3 is 2.62 bits per heavy atom. The fraction of sp³-hybridized carbons (Fsp3) is 0.407. The van der Waals surface area contributed by atoms with Crippen LogP contribution in [0.1, 0.15) is 57.9 Å². The second-order valence-corrected chi connectivity index (χ2v) is 9.89. The molecule has 9 nitrogen and oxygen atoms in total. The standard InChI is InChI=1S/C27H33FN6O3/c1-27(2,37)11-12-30-23-10-8-20(33-25(35)14-18-5-3-4-6-18)15-24(23)31-17-32-26(36)34-22-9-7-19(16-29)13-21(22)28/h7-10,13,15,17-18,30,37H,3-6,11-12,14H2,1-2H3,(H,33,35)(H2,31,32,34,36)/p+1. The molecule has 196 valence electrons. The molecule has 0 radical (unpaired) electrons. The molecule has 2 aromatic carbocycles. The number of quaternary nitrogens is 1. The molecule has 3 amide bonds. The first kappa shape index (κ1) is 27.8. The smallest absolute Gasteiger partial charge is 0.324 e. The largest absolute Gasteiger partial charge is 0.390 e. The number of urea groups is 1. The van der Waals surface area contributed by atoms with Crippen LogP contribution in [-0.4, -0.2) is 35.5 Å². The van der Waals surface area contributed by atoms with Crippen molar-refractivity contribution in [2.45, 2.75) is 58.0 Å². The van der Waals surface area contributed by atoms with Crippen LogP contribution in [0.3, 0.4) is 0 Å². The van der Waals surface area contributed by atoms with Crippen LogP contribution in [0, 0.1) is 23.1 Å². The van der Waals surface area contributed by atoms with E-state index in [1.54, 1.807) is 31.3 Å². The molecule has 2 aromatic rings. The number of hydrogen-bond acceptors (Lipinski definition) is 6. The van der Waals surface area contributed by atoms with Gasteiger partial charge in [-0.1, -0.05) is 12.8 Å². The number of hydrogen-bond donors (Lipinski definition) is 5. The van der Waals surface area contributed by atoms with Gasteiger partial charge in [-0.2, -0.15) is 5.26 Å². The fourth-order valence-corrected chi connectivity index (χ4v) is 4.15. The zero-order chi connectivity index (χ0) is 26.8. The SMILES string of the molecule is CC(C)(O)CCNc1ccc([NH2+]C(=O)CC2CCCC2)cc1N=CNC(=O)Nc1ccc(C#N)cc1F. The van der Waals surface area contributed by atoms with E-state index in [4.69, 9.17) is 5.26 Å². The van der Waals surface area contributed by atoms with E-state index in [2.05, 4.69) is 20.9 Å². The van der Waals surface area contributed by atoms with E-state index in [0.717, 1.165) is 18.9 Å². The quantitative estimate of drug-likeness (QED) is 0.186. The zero-order valence-electron chi connectivity index (χ0n) is 21.2. The highest BCUT2D eigenvalue weighted by molar-refractivity contribution is 5.97. The number of amides is 3. The summed E-state index contributed by atoms with van der Waals surface area (Å²) in [5, 5.41) is 28.5. The second-order valence-electron chi connectivity index (χ2n) is 9.89. The van der Waals surface area contributed by atoms with Crippen molar-refractivity contribution in [3.63, 3.8) is 0 Å². The number of anilines is 2. The van der Waals surface area contributed by atoms with Gasteiger partial charge in [0.1, 0.15) is 11.5 Å². The molecule has 0 unspecified atom stereocenters. The number of nitrogens with zero attached hydrogens (tertiary/aromatic N) is 2. The third kappa shape index (κ3) is 9.29. The van der Waals surface area contributed by atoms with Crippen LogP contribution in [0.15, 0.2) is 41.4 Å². The minimum absolute atomic E-state index is 0.0729. The van der Waals surface area contributed by atoms with Gasteiger partial charge in [0, 0.05) is 18.7 Å². The summed E-state index contributed by atoms with van der Waals surface area (Å²) in [6.07, 6.45) is 6.77. The van der Waals surface area contributed by atoms with Gasteiger partial charge in [-0.3, -0.25) is 10.6 Å². The summed E-state index contributed by atoms with van der Waals surface area (Å²) in [6.45, 7) is 3.93. The van der Waals surface area contributed by atoms with Crippen molar-refractivity contribution in [1.29, 1.82) is 5.26 Å². The number of primary amides is 1. The Hall–Kier alpha value is -3.81. The van der Waals surface area contributed by atoms with Gasteiger partial charge in [-0.15, -0.1) is 0 Å². The number of aliphatic hydroxyl groups is 1. The Morgan fingerprint density at radius 2 is 1.95 bits per heavy atom. The van der Waals surface area contributed by atoms with Crippen LogP contribution in [-0.2, 0) is 4.79 Å². The highest BCUT2D eigenvalue weighted by Crippen LogP contribution is 2.28. The molecule has 1 saturated carbocycles. The summed E-state index contributed by atoms with van der Waals surface area (Å²) >= 11 is 0. The molecule has 6 N–H and O–H groups in total. The van der Waals surface area contributed by atoms with E-state index in [0.29, 0.717) is 42.4 Å². The third-order valence-corrected chi connectivity index (χ3v) is 6.11. The van der Waals surface area contributed by atoms with Crippen LogP contribution < -0.4 is 21.3 Å². The first-order valence-electron chi connectivity index (χ1n) is 12.4. The number of benzene rings is 2. The molecule has 1 aliphatic rings. The van der Waals surface area contributed by atoms with E-state index in [-0.39, 0.29) is 17.2 Å². The highest BCUT2D eigenvalue weighted by atomic mass is 19.1. The van der Waals surface area contributed by atoms with Gasteiger partial charge >= 0.3 is 11.9 Å². The molecule has 0 aliphatic heterocycles. The van der Waals surface area contributed by atoms with Crippen LogP contribution in [0.2, 0.25) is 0 Å². The van der Waals surface area contributed by atoms with Crippen molar-refractivity contribution >= 4 is 41.0 Å². The average molecular weight is 510 g/mol. The number of nitrogens with one attached hydrogen (secondary N) is 3. The number of nitriles is 1. The van der Waals surface area contributed by atoms with Gasteiger partial charge < -0.3 is 15.7 Å². The van der Waals surface area contributed by atoms with Crippen LogP contribution >= 0.6 is 0 Å². The van der Waals surface area contributed by atoms with E-state index in [1.165, 1.54) is 31.3 Å². The molecule has 0 aromatic heterocycles. The Bertz CT molecular complexity index is 1180. The van der Waals surface area contributed by atoms with Crippen LogP contribution in [0.4, 0.5) is 31.9 Å². The molecule has 0 spiro atoms. The van der Waals surface area contributed by atoms with E-state index < -0.39 is 17.4 Å². The highest BCUT2D eigenvalue weighted by Gasteiger charge is 2.21. The maximum Gasteiger partial charge on any atom is 0.324 e. The first-order valence-corrected chi connectivity index (χ1v) is 12.4. The summed E-state index contributed by atoms with van der Waals surface area (Å²) in [6, 6.07) is 10.2. The fourth-order valence-electron chi connectivity index (χ4n) is 4.15. The zero-order valence-corrected chi connectivity index (χ0v) is 21.2. The molecule has 0 heterocycles. The van der Waals surface area contributed by atoms with E-state index in [1.807, 2.05) is 12.1 Å². The lowest BCUT2D eigenvalue weighted by molar-refractivity contribution is -0.484. The van der Waals surface area contributed by atoms with Gasteiger partial charge in [0.05, 0.1) is 47.1 Å². The molecular weight excluding hydrogens is 475 g/mol. The van der Waals surface area contributed by atoms with Gasteiger partial charge in [-0.05, 0) is 63.3 Å². The summed E-state index contributed by atoms with van der Waals surface area (Å²) in [7, 11) is 0. The summed E-state index contributed by atoms with van der Waals surface area (Å²) in [4.78, 5) is 29.1. The number of carbonyl (C=O) groups excluding carboxylic acids is 2. The second kappa shape index (κ2) is 12.9. The lowest BCUT2D eigenvalue weighted by atomic mass is 10.0. The van der Waals surface area contributed by atoms with E-state index in [9.17, 15) is 19.1 Å². The summed E-state index contributed by atoms with van der Waals surface area (Å²) in [5.74, 6) is -0.200. The Labute approximate surface area is 216 Å². The molecule has 1 aliphatic carbocycles. The first-order chi connectivity index (χ1) is 17.6. The lowest BCUT2D eigenvalue weighted by Gasteiger charge is -2.18. The number of carbonyl (C=O) groups is 2. The topological polar surface area (TPSA) is 143 Å². The van der Waals surface area contributed by atoms with E-state index >= 15 is 0 Å². The molecule has 0 atom stereocenters. The molecule has 0 bridgehead atoms. The van der Waals surface area contributed by atoms with Crippen molar-refractivity contribution in [2.75, 3.05) is 17.2 Å². The van der Waals surface area contributed by atoms with Crippen molar-refractivity contribution in [1.82, 2.24) is 5.32 Å². The average Bonchev–Trinajstić information content (AvgIpc) is 3.33. The third-order valence-electron chi connectivity index (χ3n) is 6.11. The Kier molecular flexibility index (Phi) is 9.71. The van der Waals surface area contributed by atoms with Crippen LogP contribution in [0.25, 0.3) is 0 Å². The van der Waals surface area contributed by atoms with Crippen molar-refractivity contribution in [3.8, 4) is 6.07 Å². The molecule has 1 fully saturated rings. The molecule has 3 rings (SSSR count). The Balaban J connectivity index is 1.67. The van der Waals surface area contributed by atoms with Gasteiger partial charge in [-0.25, -0.2) is 19.0 Å². The predicted molar refractivity (Wildman–Crippen MR) is 140 cm³/mol. The summed E-state index contributed by atoms with van der Waals surface area (Å²) < 4.78 is 14.0. The van der Waals surface area contributed by atoms with Gasteiger partial charge in [0.25, 0.3) is 0 Å². The minimum Gasteiger partial charge on any atom is -0.390 e. The number of nitrogens with two attached hydrogens (primary N) is 1. The minimum atomic E-state index is -0.836. The maximum atomic E-state index is 14.0. The maximum absolute atomic E-state index is 14.0. The number of halogens is 1. The van der Waals surface area contributed by atoms with Crippen molar-refractivity contribution < 1.29 is 24.4 Å². The van der Waals surface area contributed by atoms with Crippen molar-refractivity contribution in [2.24, 2.45) is 10.9 Å². The molecule has 10 heteroatoms. The van der Waals surface area contributed by atoms with Gasteiger partial charge in [0.15, 0.2) is 0 Å². The number of aliphatic imine (C=N–C) groups is 1. The molecular formula is C27H34FN6O3+. The monoisotopic (exact) mass is 509 g/mol. The predicted octanol–water partition coefficient (Wildman–Crippen LogP) is 4.05. The Morgan fingerprint density at radius 1 is 1.22 bits per heavy atom. The van der Waals surface area contributed by atoms with Crippen molar-refractivity contribution in [3.05, 3.63) is 47.8 Å². The normalized spacial score (nSPS) is 13.9. The van der Waals surface area contributed by atoms with Gasteiger partial charge in [0.2, 0.25) is 0 Å². The lowest BCUT2D eigenvalue weighted by Crippen LogP contribution is -2.82. The molecule has 0 saturated heterocycles. The van der Waals surface area contributed by atoms with Crippen LogP contribution in [0.5, 0.6) is 0 Å². The number of rotatable bonds is 10. The summed E-state index contributed by atoms with van der Waals surface area (Å²) in [5.41, 5.74) is 1.10.